The molecule has 1 aromatic rings. The largest absolute Gasteiger partial charge is 0.339 e. The number of amides is 2. The van der Waals surface area contributed by atoms with Crippen LogP contribution in [0.2, 0.25) is 0 Å². The second-order valence-electron chi connectivity index (χ2n) is 6.76. The minimum atomic E-state index is 0.0744. The second kappa shape index (κ2) is 7.16. The number of carbonyl (C=O) groups is 2. The molecule has 0 atom stereocenters. The quantitative estimate of drug-likeness (QED) is 0.800. The molecule has 1 aliphatic carbocycles. The molecular weight excluding hydrogens is 288 g/mol. The smallest absolute Gasteiger partial charge is 0.253 e. The first-order valence-corrected chi connectivity index (χ1v) is 8.84. The Kier molecular flexibility index (Phi) is 4.99. The fraction of sp³-hybridized carbons (Fsp3) is 0.579. The van der Waals surface area contributed by atoms with Crippen LogP contribution in [0.15, 0.2) is 24.3 Å². The molecule has 2 amide bonds. The second-order valence-corrected chi connectivity index (χ2v) is 6.76. The summed E-state index contributed by atoms with van der Waals surface area (Å²) in [6, 6.07) is 7.89. The molecule has 1 saturated heterocycles. The molecule has 0 bridgehead atoms. The Hall–Kier alpha value is -1.84. The Morgan fingerprint density at radius 2 is 1.87 bits per heavy atom. The summed E-state index contributed by atoms with van der Waals surface area (Å²) in [6.07, 6.45) is 8.71. The molecule has 0 N–H and O–H groups in total. The lowest BCUT2D eigenvalue weighted by Crippen LogP contribution is -2.36. The van der Waals surface area contributed by atoms with Gasteiger partial charge in [-0.25, -0.2) is 0 Å². The summed E-state index contributed by atoms with van der Waals surface area (Å²) in [7, 11) is 1.92. The molecule has 0 radical (unpaired) electrons. The minimum Gasteiger partial charge on any atom is -0.339 e. The van der Waals surface area contributed by atoms with E-state index >= 15 is 0 Å². The van der Waals surface area contributed by atoms with E-state index in [0.29, 0.717) is 18.0 Å². The van der Waals surface area contributed by atoms with E-state index in [1.807, 2.05) is 36.2 Å². The van der Waals surface area contributed by atoms with Gasteiger partial charge in [0.1, 0.15) is 0 Å². The van der Waals surface area contributed by atoms with Crippen LogP contribution in [-0.2, 0) is 4.79 Å². The van der Waals surface area contributed by atoms with Gasteiger partial charge in [-0.05, 0) is 37.5 Å². The summed E-state index contributed by atoms with van der Waals surface area (Å²) in [5, 5.41) is 0. The molecule has 0 aromatic heterocycles. The normalized spacial score (nSPS) is 19.7. The molecule has 4 heteroatoms. The van der Waals surface area contributed by atoms with Gasteiger partial charge >= 0.3 is 0 Å². The molecule has 1 saturated carbocycles. The van der Waals surface area contributed by atoms with Crippen molar-refractivity contribution in [3.05, 3.63) is 29.8 Å². The monoisotopic (exact) mass is 314 g/mol. The summed E-state index contributed by atoms with van der Waals surface area (Å²) >= 11 is 0. The van der Waals surface area contributed by atoms with Crippen LogP contribution < -0.4 is 4.90 Å². The Morgan fingerprint density at radius 1 is 1.13 bits per heavy atom. The van der Waals surface area contributed by atoms with Crippen LogP contribution in [0.5, 0.6) is 0 Å². The predicted octanol–water partition coefficient (Wildman–Crippen LogP) is 3.61. The van der Waals surface area contributed by atoms with Crippen LogP contribution in [0.3, 0.4) is 0 Å². The van der Waals surface area contributed by atoms with Gasteiger partial charge in [-0.15, -0.1) is 0 Å². The van der Waals surface area contributed by atoms with E-state index in [1.54, 1.807) is 4.90 Å². The van der Waals surface area contributed by atoms with Crippen molar-refractivity contribution in [3.63, 3.8) is 0 Å². The van der Waals surface area contributed by atoms with Crippen molar-refractivity contribution in [2.24, 2.45) is 0 Å². The van der Waals surface area contributed by atoms with Crippen LogP contribution in [0, 0.1) is 0 Å². The maximum Gasteiger partial charge on any atom is 0.253 e. The van der Waals surface area contributed by atoms with E-state index in [0.717, 1.165) is 31.5 Å². The van der Waals surface area contributed by atoms with E-state index in [-0.39, 0.29) is 11.8 Å². The molecule has 2 aliphatic rings. The number of nitrogens with zero attached hydrogens (tertiary/aromatic N) is 2. The van der Waals surface area contributed by atoms with Crippen molar-refractivity contribution in [1.82, 2.24) is 4.90 Å². The summed E-state index contributed by atoms with van der Waals surface area (Å²) in [5.74, 6) is 0.233. The van der Waals surface area contributed by atoms with Crippen LogP contribution in [0.4, 0.5) is 5.69 Å². The Balaban J connectivity index is 1.75. The highest BCUT2D eigenvalue weighted by atomic mass is 16.2. The van der Waals surface area contributed by atoms with Gasteiger partial charge in [0.15, 0.2) is 0 Å². The number of anilines is 1. The average molecular weight is 314 g/mol. The summed E-state index contributed by atoms with van der Waals surface area (Å²) < 4.78 is 0. The van der Waals surface area contributed by atoms with Crippen LogP contribution in [0.1, 0.15) is 61.7 Å². The molecule has 124 valence electrons. The zero-order chi connectivity index (χ0) is 16.2. The first-order valence-electron chi connectivity index (χ1n) is 8.84. The van der Waals surface area contributed by atoms with Gasteiger partial charge < -0.3 is 9.80 Å². The standard InChI is InChI=1S/C19H26N2O2/c1-20(16-9-4-2-3-5-10-16)19(23)15-8-6-11-17(14-15)21-13-7-12-18(21)22/h6,8,11,14,16H,2-5,7,9-10,12-13H2,1H3. The maximum absolute atomic E-state index is 12.8. The van der Waals surface area contributed by atoms with Crippen LogP contribution in [0.25, 0.3) is 0 Å². The molecule has 2 fully saturated rings. The number of benzene rings is 1. The number of hydrogen-bond acceptors (Lipinski definition) is 2. The van der Waals surface area contributed by atoms with Crippen molar-refractivity contribution < 1.29 is 9.59 Å². The lowest BCUT2D eigenvalue weighted by molar-refractivity contribution is -0.117. The molecule has 1 aliphatic heterocycles. The highest BCUT2D eigenvalue weighted by molar-refractivity contribution is 5.99. The molecule has 3 rings (SSSR count). The van der Waals surface area contributed by atoms with Crippen molar-refractivity contribution in [2.75, 3.05) is 18.5 Å². The maximum atomic E-state index is 12.8. The SMILES string of the molecule is CN(C(=O)c1cccc(N2CCCC2=O)c1)C1CCCCCC1. The number of hydrogen-bond donors (Lipinski definition) is 0. The fourth-order valence-corrected chi connectivity index (χ4v) is 3.74. The third-order valence-corrected chi connectivity index (χ3v) is 5.17. The van der Waals surface area contributed by atoms with E-state index in [9.17, 15) is 9.59 Å². The van der Waals surface area contributed by atoms with E-state index in [2.05, 4.69) is 0 Å². The minimum absolute atomic E-state index is 0.0744. The number of rotatable bonds is 3. The highest BCUT2D eigenvalue weighted by Crippen LogP contribution is 2.25. The molecule has 0 spiro atoms. The highest BCUT2D eigenvalue weighted by Gasteiger charge is 2.25. The Bertz CT molecular complexity index is 576. The predicted molar refractivity (Wildman–Crippen MR) is 91.6 cm³/mol. The van der Waals surface area contributed by atoms with Crippen molar-refractivity contribution in [2.45, 2.75) is 57.4 Å². The lowest BCUT2D eigenvalue weighted by Gasteiger charge is -2.27. The summed E-state index contributed by atoms with van der Waals surface area (Å²) in [4.78, 5) is 28.4. The van der Waals surface area contributed by atoms with E-state index in [4.69, 9.17) is 0 Å². The molecular formula is C19H26N2O2. The van der Waals surface area contributed by atoms with E-state index in [1.165, 1.54) is 25.7 Å². The van der Waals surface area contributed by atoms with Gasteiger partial charge in [0.2, 0.25) is 5.91 Å². The van der Waals surface area contributed by atoms with Crippen molar-refractivity contribution >= 4 is 17.5 Å². The van der Waals surface area contributed by atoms with Crippen molar-refractivity contribution in [1.29, 1.82) is 0 Å². The molecule has 23 heavy (non-hydrogen) atoms. The third kappa shape index (κ3) is 3.57. The Labute approximate surface area is 138 Å². The molecule has 1 heterocycles. The summed E-state index contributed by atoms with van der Waals surface area (Å²) in [5.41, 5.74) is 1.54. The van der Waals surface area contributed by atoms with Crippen LogP contribution >= 0.6 is 0 Å². The van der Waals surface area contributed by atoms with Gasteiger partial charge in [-0.1, -0.05) is 31.7 Å². The first-order chi connectivity index (χ1) is 11.2. The lowest BCUT2D eigenvalue weighted by atomic mass is 10.1. The van der Waals surface area contributed by atoms with E-state index < -0.39 is 0 Å². The van der Waals surface area contributed by atoms with Gasteiger partial charge in [0, 0.05) is 37.3 Å². The molecule has 0 unspecified atom stereocenters. The number of carbonyl (C=O) groups excluding carboxylic acids is 2. The molecule has 1 aromatic carbocycles. The third-order valence-electron chi connectivity index (χ3n) is 5.17. The van der Waals surface area contributed by atoms with Crippen LogP contribution in [-0.4, -0.2) is 36.3 Å². The zero-order valence-corrected chi connectivity index (χ0v) is 14.0. The first kappa shape index (κ1) is 16.0. The Morgan fingerprint density at radius 3 is 2.52 bits per heavy atom. The summed E-state index contributed by atoms with van der Waals surface area (Å²) in [6.45, 7) is 0.759. The van der Waals surface area contributed by atoms with Gasteiger partial charge in [0.25, 0.3) is 5.91 Å². The van der Waals surface area contributed by atoms with Gasteiger partial charge in [0.05, 0.1) is 0 Å². The molecule has 4 nitrogen and oxygen atoms in total. The topological polar surface area (TPSA) is 40.6 Å². The zero-order valence-electron chi connectivity index (χ0n) is 14.0. The van der Waals surface area contributed by atoms with Gasteiger partial charge in [-0.3, -0.25) is 9.59 Å². The van der Waals surface area contributed by atoms with Crippen molar-refractivity contribution in [3.8, 4) is 0 Å². The van der Waals surface area contributed by atoms with Gasteiger partial charge in [-0.2, -0.15) is 0 Å². The average Bonchev–Trinajstić information content (AvgIpc) is 2.84. The fourth-order valence-electron chi connectivity index (χ4n) is 3.74.